The molecule has 0 radical (unpaired) electrons. The van der Waals surface area contributed by atoms with Crippen LogP contribution in [0.3, 0.4) is 0 Å². The normalized spacial score (nSPS) is 15.1. The van der Waals surface area contributed by atoms with Crippen LogP contribution in [-0.4, -0.2) is 24.7 Å². The number of sulfonamides is 1. The molecule has 21 heavy (non-hydrogen) atoms. The maximum Gasteiger partial charge on any atom is 0.250 e. The molecule has 0 saturated carbocycles. The summed E-state index contributed by atoms with van der Waals surface area (Å²) in [6.45, 7) is 0.924. The number of thiophene rings is 1. The van der Waals surface area contributed by atoms with Crippen LogP contribution in [0.25, 0.3) is 0 Å². The fourth-order valence-corrected chi connectivity index (χ4v) is 5.62. The van der Waals surface area contributed by atoms with Gasteiger partial charge in [-0.1, -0.05) is 0 Å². The SMILES string of the molecule is O=S(=O)(NCCn1ncc2c1CCCC2)c1ccc(Br)s1. The molecule has 0 saturated heterocycles. The van der Waals surface area contributed by atoms with E-state index in [1.165, 1.54) is 35.4 Å². The Hall–Kier alpha value is -0.700. The molecule has 5 nitrogen and oxygen atoms in total. The lowest BCUT2D eigenvalue weighted by atomic mass is 9.98. The molecule has 0 unspecified atom stereocenters. The minimum Gasteiger partial charge on any atom is -0.268 e. The number of aromatic nitrogens is 2. The van der Waals surface area contributed by atoms with Crippen molar-refractivity contribution in [2.24, 2.45) is 0 Å². The molecule has 0 spiro atoms. The van der Waals surface area contributed by atoms with Gasteiger partial charge in [-0.05, 0) is 59.3 Å². The van der Waals surface area contributed by atoms with E-state index in [4.69, 9.17) is 0 Å². The second-order valence-electron chi connectivity index (χ2n) is 5.00. The molecule has 0 aromatic carbocycles. The summed E-state index contributed by atoms with van der Waals surface area (Å²) in [5.41, 5.74) is 2.57. The molecule has 2 heterocycles. The van der Waals surface area contributed by atoms with Gasteiger partial charge in [-0.15, -0.1) is 11.3 Å². The molecule has 2 aromatic rings. The van der Waals surface area contributed by atoms with E-state index in [1.54, 1.807) is 12.1 Å². The maximum absolute atomic E-state index is 12.1. The highest BCUT2D eigenvalue weighted by Crippen LogP contribution is 2.25. The van der Waals surface area contributed by atoms with E-state index in [9.17, 15) is 8.42 Å². The lowest BCUT2D eigenvalue weighted by molar-refractivity contribution is 0.539. The van der Waals surface area contributed by atoms with E-state index in [0.717, 1.165) is 16.6 Å². The molecule has 3 rings (SSSR count). The lowest BCUT2D eigenvalue weighted by Crippen LogP contribution is -2.27. The molecule has 0 amide bonds. The molecule has 1 aliphatic rings. The lowest BCUT2D eigenvalue weighted by Gasteiger charge is -2.14. The number of rotatable bonds is 5. The van der Waals surface area contributed by atoms with Crippen molar-refractivity contribution >= 4 is 37.3 Å². The highest BCUT2D eigenvalue weighted by Gasteiger charge is 2.17. The van der Waals surface area contributed by atoms with Crippen molar-refractivity contribution in [2.45, 2.75) is 36.4 Å². The zero-order chi connectivity index (χ0) is 14.9. The van der Waals surface area contributed by atoms with E-state index >= 15 is 0 Å². The molecular weight excluding hydrogens is 374 g/mol. The van der Waals surface area contributed by atoms with Crippen molar-refractivity contribution in [1.82, 2.24) is 14.5 Å². The van der Waals surface area contributed by atoms with E-state index in [-0.39, 0.29) is 0 Å². The molecule has 0 aliphatic heterocycles. The van der Waals surface area contributed by atoms with Gasteiger partial charge >= 0.3 is 0 Å². The topological polar surface area (TPSA) is 64.0 Å². The van der Waals surface area contributed by atoms with E-state index < -0.39 is 10.0 Å². The quantitative estimate of drug-likeness (QED) is 0.854. The second-order valence-corrected chi connectivity index (χ2v) is 9.46. The third kappa shape index (κ3) is 3.39. The van der Waals surface area contributed by atoms with Crippen LogP contribution in [0, 0.1) is 0 Å². The number of fused-ring (bicyclic) bond motifs is 1. The van der Waals surface area contributed by atoms with Crippen LogP contribution in [0.5, 0.6) is 0 Å². The average Bonchev–Trinajstić information content (AvgIpc) is 3.06. The second kappa shape index (κ2) is 6.20. The van der Waals surface area contributed by atoms with Crippen molar-refractivity contribution in [3.63, 3.8) is 0 Å². The Kier molecular flexibility index (Phi) is 4.49. The van der Waals surface area contributed by atoms with Crippen LogP contribution < -0.4 is 4.72 Å². The van der Waals surface area contributed by atoms with Crippen LogP contribution >= 0.6 is 27.3 Å². The van der Waals surface area contributed by atoms with Gasteiger partial charge in [0.2, 0.25) is 10.0 Å². The maximum atomic E-state index is 12.1. The fourth-order valence-electron chi connectivity index (χ4n) is 2.55. The van der Waals surface area contributed by atoms with Gasteiger partial charge in [-0.25, -0.2) is 13.1 Å². The molecule has 0 bridgehead atoms. The van der Waals surface area contributed by atoms with Gasteiger partial charge in [0.15, 0.2) is 0 Å². The fraction of sp³-hybridized carbons (Fsp3) is 0.462. The molecule has 0 atom stereocenters. The first-order valence-electron chi connectivity index (χ1n) is 6.85. The smallest absolute Gasteiger partial charge is 0.250 e. The Bertz CT molecular complexity index is 736. The Balaban J connectivity index is 1.62. The van der Waals surface area contributed by atoms with Gasteiger partial charge in [0.05, 0.1) is 16.5 Å². The molecule has 2 aromatic heterocycles. The highest BCUT2D eigenvalue weighted by atomic mass is 79.9. The number of hydrogen-bond donors (Lipinski definition) is 1. The number of nitrogens with zero attached hydrogens (tertiary/aromatic N) is 2. The van der Waals surface area contributed by atoms with E-state index in [1.807, 2.05) is 10.9 Å². The molecule has 8 heteroatoms. The van der Waals surface area contributed by atoms with Crippen LogP contribution in [0.4, 0.5) is 0 Å². The standard InChI is InChI=1S/C13H16BrN3O2S2/c14-12-5-6-13(20-12)21(18,19)16-7-8-17-11-4-2-1-3-10(11)9-15-17/h5-6,9,16H,1-4,7-8H2. The first kappa shape index (κ1) is 15.2. The Morgan fingerprint density at radius 2 is 2.14 bits per heavy atom. The van der Waals surface area contributed by atoms with Gasteiger partial charge in [0.25, 0.3) is 0 Å². The van der Waals surface area contributed by atoms with Crippen molar-refractivity contribution < 1.29 is 8.42 Å². The Labute approximate surface area is 136 Å². The van der Waals surface area contributed by atoms with Crippen molar-refractivity contribution in [3.05, 3.63) is 33.4 Å². The molecule has 1 N–H and O–H groups in total. The van der Waals surface area contributed by atoms with Crippen LogP contribution in [-0.2, 0) is 29.4 Å². The predicted molar refractivity (Wildman–Crippen MR) is 86.1 cm³/mol. The van der Waals surface area contributed by atoms with Gasteiger partial charge in [-0.3, -0.25) is 4.68 Å². The van der Waals surface area contributed by atoms with E-state index in [2.05, 4.69) is 25.8 Å². The Morgan fingerprint density at radius 1 is 1.33 bits per heavy atom. The summed E-state index contributed by atoms with van der Waals surface area (Å²) in [7, 11) is -3.42. The summed E-state index contributed by atoms with van der Waals surface area (Å²) in [4.78, 5) is 0. The number of nitrogens with one attached hydrogen (secondary N) is 1. The Morgan fingerprint density at radius 3 is 2.90 bits per heavy atom. The van der Waals surface area contributed by atoms with Crippen molar-refractivity contribution in [3.8, 4) is 0 Å². The molecule has 114 valence electrons. The molecule has 1 aliphatic carbocycles. The zero-order valence-corrected chi connectivity index (χ0v) is 14.6. The minimum absolute atomic E-state index is 0.330. The third-order valence-electron chi connectivity index (χ3n) is 3.57. The number of halogens is 1. The highest BCUT2D eigenvalue weighted by molar-refractivity contribution is 9.11. The van der Waals surface area contributed by atoms with Crippen LogP contribution in [0.15, 0.2) is 26.3 Å². The molecule has 0 fully saturated rings. The largest absolute Gasteiger partial charge is 0.268 e. The van der Waals surface area contributed by atoms with Gasteiger partial charge in [-0.2, -0.15) is 5.10 Å². The van der Waals surface area contributed by atoms with Gasteiger partial charge in [0.1, 0.15) is 4.21 Å². The predicted octanol–water partition coefficient (Wildman–Crippen LogP) is 2.56. The summed E-state index contributed by atoms with van der Waals surface area (Å²) in [6.07, 6.45) is 6.45. The summed E-state index contributed by atoms with van der Waals surface area (Å²) >= 11 is 4.49. The van der Waals surface area contributed by atoms with Crippen LogP contribution in [0.1, 0.15) is 24.1 Å². The summed E-state index contributed by atoms with van der Waals surface area (Å²) < 4.78 is 29.9. The van der Waals surface area contributed by atoms with Crippen LogP contribution in [0.2, 0.25) is 0 Å². The van der Waals surface area contributed by atoms with Crippen molar-refractivity contribution in [1.29, 1.82) is 0 Å². The number of hydrogen-bond acceptors (Lipinski definition) is 4. The third-order valence-corrected chi connectivity index (χ3v) is 7.15. The summed E-state index contributed by atoms with van der Waals surface area (Å²) in [6, 6.07) is 3.34. The minimum atomic E-state index is -3.42. The molecular formula is C13H16BrN3O2S2. The van der Waals surface area contributed by atoms with Gasteiger partial charge in [0, 0.05) is 12.2 Å². The van der Waals surface area contributed by atoms with E-state index in [0.29, 0.717) is 17.3 Å². The summed E-state index contributed by atoms with van der Waals surface area (Å²) in [5.74, 6) is 0. The first-order valence-corrected chi connectivity index (χ1v) is 9.94. The van der Waals surface area contributed by atoms with Gasteiger partial charge < -0.3 is 0 Å². The average molecular weight is 390 g/mol. The first-order chi connectivity index (χ1) is 10.1. The summed E-state index contributed by atoms with van der Waals surface area (Å²) in [5, 5.41) is 4.37. The zero-order valence-electron chi connectivity index (χ0n) is 11.4. The van der Waals surface area contributed by atoms with Crippen molar-refractivity contribution in [2.75, 3.05) is 6.54 Å². The number of aryl methyl sites for hydroxylation is 1. The monoisotopic (exact) mass is 389 g/mol.